The lowest BCUT2D eigenvalue weighted by Gasteiger charge is -1.87. The number of halogens is 2. The zero-order valence-corrected chi connectivity index (χ0v) is 8.95. The second-order valence-corrected chi connectivity index (χ2v) is 2.09. The third kappa shape index (κ3) is 87.9. The highest BCUT2D eigenvalue weighted by Gasteiger charge is 1.93. The molecule has 0 saturated carbocycles. The fourth-order valence-electron chi connectivity index (χ4n) is 0.202. The molecular formula is C8H12F2O6. The van der Waals surface area contributed by atoms with Crippen molar-refractivity contribution >= 4 is 23.9 Å². The first-order chi connectivity index (χ1) is 7.13. The first-order valence-electron chi connectivity index (χ1n) is 3.76. The van der Waals surface area contributed by atoms with Gasteiger partial charge >= 0.3 is 18.0 Å². The van der Waals surface area contributed by atoms with Crippen LogP contribution < -0.4 is 0 Å². The van der Waals surface area contributed by atoms with Gasteiger partial charge < -0.3 is 9.84 Å². The Morgan fingerprint density at radius 2 is 1.25 bits per heavy atom. The van der Waals surface area contributed by atoms with Gasteiger partial charge in [-0.3, -0.25) is 19.2 Å². The Morgan fingerprint density at radius 1 is 1.06 bits per heavy atom. The van der Waals surface area contributed by atoms with E-state index < -0.39 is 30.6 Å². The van der Waals surface area contributed by atoms with E-state index in [9.17, 15) is 18.4 Å². The van der Waals surface area contributed by atoms with Crippen LogP contribution in [0.2, 0.25) is 0 Å². The third-order valence-electron chi connectivity index (χ3n) is 0.393. The number of aliphatic carboxylic acids is 1. The molecule has 0 aliphatic rings. The predicted octanol–water partition coefficient (Wildman–Crippen LogP) is 0.639. The monoisotopic (exact) mass is 242 g/mol. The van der Waals surface area contributed by atoms with Gasteiger partial charge in [0.2, 0.25) is 0 Å². The Hall–Kier alpha value is -1.86. The van der Waals surface area contributed by atoms with E-state index in [0.29, 0.717) is 0 Å². The molecule has 0 aromatic carbocycles. The normalized spacial score (nSPS) is 7.31. The molecule has 0 bridgehead atoms. The largest absolute Gasteiger partial charge is 0.481 e. The number of esters is 2. The van der Waals surface area contributed by atoms with Gasteiger partial charge in [0.1, 0.15) is 0 Å². The molecule has 0 amide bonds. The maximum absolute atomic E-state index is 10.4. The molecule has 0 spiro atoms. The van der Waals surface area contributed by atoms with Crippen molar-refractivity contribution in [2.75, 3.05) is 6.67 Å². The highest BCUT2D eigenvalue weighted by Crippen LogP contribution is 1.73. The fraction of sp³-hybridized carbons (Fsp3) is 0.500. The van der Waals surface area contributed by atoms with E-state index in [-0.39, 0.29) is 0 Å². The van der Waals surface area contributed by atoms with Gasteiger partial charge in [-0.2, -0.15) is 4.39 Å². The molecule has 16 heavy (non-hydrogen) atoms. The van der Waals surface area contributed by atoms with Crippen molar-refractivity contribution in [3.8, 4) is 0 Å². The van der Waals surface area contributed by atoms with Crippen LogP contribution in [0.1, 0.15) is 20.8 Å². The molecule has 6 nitrogen and oxygen atoms in total. The van der Waals surface area contributed by atoms with Gasteiger partial charge in [0, 0.05) is 20.8 Å². The summed E-state index contributed by atoms with van der Waals surface area (Å²) in [5.74, 6) is -1.96. The fourth-order valence-corrected chi connectivity index (χ4v) is 0.202. The summed E-state index contributed by atoms with van der Waals surface area (Å²) in [6, 6.07) is -1.91. The second kappa shape index (κ2) is 13.1. The highest BCUT2D eigenvalue weighted by atomic mass is 19.2. The van der Waals surface area contributed by atoms with Gasteiger partial charge in [0.25, 0.3) is 5.97 Å². The lowest BCUT2D eigenvalue weighted by molar-refractivity contribution is -0.156. The van der Waals surface area contributed by atoms with Crippen molar-refractivity contribution in [1.82, 2.24) is 0 Å². The van der Waals surface area contributed by atoms with Crippen LogP contribution in [0.5, 0.6) is 0 Å². The molecule has 0 aliphatic heterocycles. The van der Waals surface area contributed by atoms with Crippen molar-refractivity contribution in [2.24, 2.45) is 0 Å². The van der Waals surface area contributed by atoms with E-state index in [4.69, 9.17) is 14.7 Å². The average molecular weight is 242 g/mol. The molecule has 8 heteroatoms. The van der Waals surface area contributed by atoms with Gasteiger partial charge in [0.05, 0.1) is 0 Å². The number of carbonyl (C=O) groups is 4. The van der Waals surface area contributed by atoms with Crippen LogP contribution in [0, 0.1) is 0 Å². The quantitative estimate of drug-likeness (QED) is 0.411. The Bertz CT molecular complexity index is 235. The summed E-state index contributed by atoms with van der Waals surface area (Å²) in [5, 5.41) is 7.42. The number of carboxylic acids is 1. The second-order valence-electron chi connectivity index (χ2n) is 2.09. The lowest BCUT2D eigenvalue weighted by Crippen LogP contribution is -2.03. The minimum Gasteiger partial charge on any atom is -0.481 e. The third-order valence-corrected chi connectivity index (χ3v) is 0.393. The lowest BCUT2D eigenvalue weighted by atomic mass is 10.7. The van der Waals surface area contributed by atoms with Crippen LogP contribution in [0.4, 0.5) is 8.78 Å². The zero-order chi connectivity index (χ0) is 13.7. The summed E-state index contributed by atoms with van der Waals surface area (Å²) in [6.45, 7) is 1.95. The van der Waals surface area contributed by atoms with E-state index in [2.05, 4.69) is 4.74 Å². The van der Waals surface area contributed by atoms with E-state index in [1.165, 1.54) is 13.8 Å². The van der Waals surface area contributed by atoms with Crippen LogP contribution in [-0.4, -0.2) is 35.7 Å². The van der Waals surface area contributed by atoms with Crippen LogP contribution in [0.25, 0.3) is 0 Å². The molecule has 0 unspecified atom stereocenters. The van der Waals surface area contributed by atoms with Crippen LogP contribution in [0.15, 0.2) is 0 Å². The van der Waals surface area contributed by atoms with Crippen molar-refractivity contribution in [2.45, 2.75) is 20.8 Å². The zero-order valence-electron chi connectivity index (χ0n) is 8.95. The smallest absolute Gasteiger partial charge is 0.332 e. The van der Waals surface area contributed by atoms with Crippen molar-refractivity contribution in [3.05, 3.63) is 0 Å². The molecule has 0 heterocycles. The number of ether oxygens (including phenoxy) is 1. The standard InChI is InChI=1S/C4H6O3.C2H2F2O.C2H4O2/c1-3(5)7-4(2)6;3-1-2(4)5;1-2(3)4/h1-2H3;1H2;1H3,(H,3,4). The molecule has 0 aromatic heterocycles. The predicted molar refractivity (Wildman–Crippen MR) is 47.8 cm³/mol. The number of hydrogen-bond acceptors (Lipinski definition) is 5. The molecule has 0 atom stereocenters. The molecule has 0 aliphatic carbocycles. The molecule has 0 fully saturated rings. The van der Waals surface area contributed by atoms with Crippen LogP contribution in [-0.2, 0) is 23.9 Å². The van der Waals surface area contributed by atoms with E-state index >= 15 is 0 Å². The summed E-state index contributed by atoms with van der Waals surface area (Å²) < 4.78 is 24.8. The van der Waals surface area contributed by atoms with Gasteiger partial charge in [-0.1, -0.05) is 0 Å². The Balaban J connectivity index is -0.000000166. The first-order valence-corrected chi connectivity index (χ1v) is 3.76. The summed E-state index contributed by atoms with van der Waals surface area (Å²) in [5.41, 5.74) is 0. The Labute approximate surface area is 90.2 Å². The molecule has 1 N–H and O–H groups in total. The van der Waals surface area contributed by atoms with Crippen LogP contribution in [0.3, 0.4) is 0 Å². The van der Waals surface area contributed by atoms with Crippen molar-refractivity contribution in [3.63, 3.8) is 0 Å². The minimum atomic E-state index is -1.91. The van der Waals surface area contributed by atoms with Gasteiger partial charge in [-0.25, -0.2) is 4.39 Å². The number of rotatable bonds is 1. The summed E-state index contributed by atoms with van der Waals surface area (Å²) >= 11 is 0. The SMILES string of the molecule is CC(=O)O.CC(=O)OC(C)=O.O=C(F)CF. The topological polar surface area (TPSA) is 97.7 Å². The highest BCUT2D eigenvalue weighted by molar-refractivity contribution is 5.82. The average Bonchev–Trinajstić information content (AvgIpc) is 2.01. The maximum atomic E-state index is 10.4. The Morgan fingerprint density at radius 3 is 1.25 bits per heavy atom. The summed E-state index contributed by atoms with van der Waals surface area (Å²) in [7, 11) is 0. The van der Waals surface area contributed by atoms with Crippen molar-refractivity contribution < 1.29 is 37.8 Å². The van der Waals surface area contributed by atoms with E-state index in [1.807, 2.05) is 0 Å². The number of carboxylic acid groups (broad SMARTS) is 1. The van der Waals surface area contributed by atoms with Crippen LogP contribution >= 0.6 is 0 Å². The molecule has 0 radical (unpaired) electrons. The van der Waals surface area contributed by atoms with Gasteiger partial charge in [-0.05, 0) is 0 Å². The van der Waals surface area contributed by atoms with Gasteiger partial charge in [0.15, 0.2) is 6.67 Å². The molecule has 0 rings (SSSR count). The van der Waals surface area contributed by atoms with Crippen molar-refractivity contribution in [1.29, 1.82) is 0 Å². The Kier molecular flexibility index (Phi) is 16.2. The first kappa shape index (κ1) is 19.7. The molecular weight excluding hydrogens is 230 g/mol. The maximum Gasteiger partial charge on any atom is 0.332 e. The minimum absolute atomic E-state index is 0.562. The van der Waals surface area contributed by atoms with E-state index in [1.54, 1.807) is 0 Å². The molecule has 0 aromatic rings. The molecule has 94 valence electrons. The van der Waals surface area contributed by atoms with Gasteiger partial charge in [-0.15, -0.1) is 0 Å². The summed E-state index contributed by atoms with van der Waals surface area (Å²) in [4.78, 5) is 37.4. The number of hydrogen-bond donors (Lipinski definition) is 1. The molecule has 0 saturated heterocycles. The number of carbonyl (C=O) groups excluding carboxylic acids is 3. The van der Waals surface area contributed by atoms with E-state index in [0.717, 1.165) is 6.92 Å². The summed E-state index contributed by atoms with van der Waals surface area (Å²) in [6.07, 6.45) is 0. The number of alkyl halides is 1.